The van der Waals surface area contributed by atoms with Gasteiger partial charge in [-0.3, -0.25) is 4.40 Å². The molecular weight excluding hydrogens is 448 g/mol. The van der Waals surface area contributed by atoms with E-state index in [1.807, 2.05) is 48.7 Å². The van der Waals surface area contributed by atoms with Crippen LogP contribution in [-0.2, 0) is 6.61 Å². The van der Waals surface area contributed by atoms with Gasteiger partial charge in [0, 0.05) is 23.9 Å². The van der Waals surface area contributed by atoms with Crippen LogP contribution < -0.4 is 10.5 Å². The number of rotatable bonds is 8. The summed E-state index contributed by atoms with van der Waals surface area (Å²) in [4.78, 5) is 9.41. The molecule has 3 N–H and O–H groups in total. The first-order valence-electron chi connectivity index (χ1n) is 12.9. The van der Waals surface area contributed by atoms with Gasteiger partial charge in [0.1, 0.15) is 35.2 Å². The average Bonchev–Trinajstić information content (AvgIpc) is 3.54. The molecule has 0 atom stereocenters. The van der Waals surface area contributed by atoms with E-state index in [0.29, 0.717) is 12.4 Å². The van der Waals surface area contributed by atoms with Crippen molar-refractivity contribution >= 4 is 11.3 Å². The fourth-order valence-corrected chi connectivity index (χ4v) is 5.65. The lowest BCUT2D eigenvalue weighted by molar-refractivity contribution is -0.0572. The van der Waals surface area contributed by atoms with Crippen LogP contribution >= 0.6 is 0 Å². The van der Waals surface area contributed by atoms with Crippen LogP contribution in [0.25, 0.3) is 16.8 Å². The molecular formula is C30H32N4O2. The number of benzene rings is 2. The number of hydrogen-bond acceptors (Lipinski definition) is 5. The Morgan fingerprint density at radius 1 is 1.11 bits per heavy atom. The van der Waals surface area contributed by atoms with E-state index in [1.165, 1.54) is 24.8 Å². The number of aromatic nitrogens is 3. The normalized spacial score (nSPS) is 21.4. The lowest BCUT2D eigenvalue weighted by Crippen LogP contribution is -2.43. The molecule has 0 amide bonds. The second kappa shape index (κ2) is 9.43. The highest BCUT2D eigenvalue weighted by Gasteiger charge is 2.45. The first-order valence-corrected chi connectivity index (χ1v) is 12.9. The van der Waals surface area contributed by atoms with E-state index in [2.05, 4.69) is 27.6 Å². The molecule has 0 spiro atoms. The Hall–Kier alpha value is -3.64. The standard InChI is InChI=1S/C30H32N4O2/c31-28-27-26(23-11-6-12-25(17-23)36-20-22-9-2-1-3-10-22)33-29(34(27)16-15-32-28)24-18-30(35,19-24)14-13-21-7-4-5-8-21/h1-3,6-7,9-12,15-17,24,35H,4-5,8,13-14,18-20H2,(H2,31,32). The first kappa shape index (κ1) is 22.8. The monoisotopic (exact) mass is 480 g/mol. The Morgan fingerprint density at radius 2 is 1.97 bits per heavy atom. The van der Waals surface area contributed by atoms with Crippen molar-refractivity contribution in [2.75, 3.05) is 5.73 Å². The summed E-state index contributed by atoms with van der Waals surface area (Å²) in [6, 6.07) is 18.1. The van der Waals surface area contributed by atoms with Gasteiger partial charge in [0.15, 0.2) is 0 Å². The number of nitrogens with zero attached hydrogens (tertiary/aromatic N) is 3. The van der Waals surface area contributed by atoms with Crippen molar-refractivity contribution < 1.29 is 9.84 Å². The largest absolute Gasteiger partial charge is 0.489 e. The summed E-state index contributed by atoms with van der Waals surface area (Å²) in [5.41, 5.74) is 10.9. The Kier molecular flexibility index (Phi) is 5.97. The number of imidazole rings is 1. The number of hydrogen-bond donors (Lipinski definition) is 2. The molecule has 2 aromatic heterocycles. The Bertz CT molecular complexity index is 1400. The molecule has 0 aliphatic heterocycles. The summed E-state index contributed by atoms with van der Waals surface area (Å²) in [6.45, 7) is 0.501. The second-order valence-corrected chi connectivity index (χ2v) is 10.2. The highest BCUT2D eigenvalue weighted by atomic mass is 16.5. The van der Waals surface area contributed by atoms with Gasteiger partial charge in [-0.25, -0.2) is 9.97 Å². The Balaban J connectivity index is 1.24. The third-order valence-electron chi connectivity index (χ3n) is 7.63. The molecule has 0 saturated heterocycles. The molecule has 2 aromatic carbocycles. The molecule has 6 rings (SSSR count). The highest BCUT2D eigenvalue weighted by Crippen LogP contribution is 2.48. The quantitative estimate of drug-likeness (QED) is 0.300. The predicted octanol–water partition coefficient (Wildman–Crippen LogP) is 6.06. The van der Waals surface area contributed by atoms with E-state index in [-0.39, 0.29) is 5.92 Å². The molecule has 2 aliphatic carbocycles. The van der Waals surface area contributed by atoms with Crippen LogP contribution in [0.4, 0.5) is 5.82 Å². The molecule has 4 aromatic rings. The van der Waals surface area contributed by atoms with Crippen molar-refractivity contribution in [3.05, 3.63) is 90.0 Å². The van der Waals surface area contributed by atoms with Gasteiger partial charge in [-0.1, -0.05) is 54.1 Å². The number of aliphatic hydroxyl groups is 1. The van der Waals surface area contributed by atoms with Crippen molar-refractivity contribution in [1.82, 2.24) is 14.4 Å². The van der Waals surface area contributed by atoms with Crippen molar-refractivity contribution in [3.63, 3.8) is 0 Å². The Morgan fingerprint density at radius 3 is 2.78 bits per heavy atom. The maximum absolute atomic E-state index is 11.1. The van der Waals surface area contributed by atoms with Crippen LogP contribution in [0.15, 0.2) is 78.6 Å². The van der Waals surface area contributed by atoms with Gasteiger partial charge in [-0.2, -0.15) is 0 Å². The second-order valence-electron chi connectivity index (χ2n) is 10.2. The van der Waals surface area contributed by atoms with Crippen molar-refractivity contribution in [2.24, 2.45) is 0 Å². The lowest BCUT2D eigenvalue weighted by Gasteiger charge is -2.43. The minimum absolute atomic E-state index is 0.188. The summed E-state index contributed by atoms with van der Waals surface area (Å²) in [6.07, 6.45) is 12.9. The Labute approximate surface area is 211 Å². The topological polar surface area (TPSA) is 85.7 Å². The SMILES string of the molecule is Nc1nccn2c(C3CC(O)(CCC4=CCCC4)C3)nc(-c3cccc(OCc4ccccc4)c3)c12. The van der Waals surface area contributed by atoms with Crippen LogP contribution in [0.1, 0.15) is 62.3 Å². The van der Waals surface area contributed by atoms with Crippen molar-refractivity contribution in [1.29, 1.82) is 0 Å². The van der Waals surface area contributed by atoms with Gasteiger partial charge < -0.3 is 15.6 Å². The smallest absolute Gasteiger partial charge is 0.150 e. The van der Waals surface area contributed by atoms with E-state index in [9.17, 15) is 5.11 Å². The van der Waals surface area contributed by atoms with Gasteiger partial charge in [-0.15, -0.1) is 0 Å². The highest BCUT2D eigenvalue weighted by molar-refractivity contribution is 5.85. The van der Waals surface area contributed by atoms with Crippen LogP contribution in [0, 0.1) is 0 Å². The molecule has 0 radical (unpaired) electrons. The number of anilines is 1. The zero-order valence-corrected chi connectivity index (χ0v) is 20.4. The summed E-state index contributed by atoms with van der Waals surface area (Å²) in [5.74, 6) is 2.35. The van der Waals surface area contributed by atoms with Crippen LogP contribution in [0.2, 0.25) is 0 Å². The third kappa shape index (κ3) is 4.49. The minimum atomic E-state index is -0.607. The van der Waals surface area contributed by atoms with Crippen LogP contribution in [-0.4, -0.2) is 25.1 Å². The fourth-order valence-electron chi connectivity index (χ4n) is 5.65. The van der Waals surface area contributed by atoms with E-state index in [1.54, 1.807) is 6.20 Å². The van der Waals surface area contributed by atoms with Crippen molar-refractivity contribution in [3.8, 4) is 17.0 Å². The molecule has 184 valence electrons. The molecule has 2 aliphatic rings. The van der Waals surface area contributed by atoms with Crippen molar-refractivity contribution in [2.45, 2.75) is 63.1 Å². The summed E-state index contributed by atoms with van der Waals surface area (Å²) < 4.78 is 8.11. The van der Waals surface area contributed by atoms with E-state index >= 15 is 0 Å². The van der Waals surface area contributed by atoms with Gasteiger partial charge >= 0.3 is 0 Å². The zero-order chi connectivity index (χ0) is 24.5. The van der Waals surface area contributed by atoms with Gasteiger partial charge in [0.25, 0.3) is 0 Å². The van der Waals surface area contributed by atoms with E-state index < -0.39 is 5.60 Å². The number of nitrogen functional groups attached to an aromatic ring is 1. The van der Waals surface area contributed by atoms with Crippen LogP contribution in [0.3, 0.4) is 0 Å². The molecule has 6 nitrogen and oxygen atoms in total. The maximum atomic E-state index is 11.1. The molecule has 1 saturated carbocycles. The molecule has 2 heterocycles. The zero-order valence-electron chi connectivity index (χ0n) is 20.4. The summed E-state index contributed by atoms with van der Waals surface area (Å²) in [7, 11) is 0. The lowest BCUT2D eigenvalue weighted by atomic mass is 9.68. The van der Waals surface area contributed by atoms with Gasteiger partial charge in [0.2, 0.25) is 0 Å². The average molecular weight is 481 g/mol. The predicted molar refractivity (Wildman–Crippen MR) is 142 cm³/mol. The molecule has 1 fully saturated rings. The number of fused-ring (bicyclic) bond motifs is 1. The fraction of sp³-hybridized carbons (Fsp3) is 0.333. The van der Waals surface area contributed by atoms with Gasteiger partial charge in [-0.05, 0) is 62.6 Å². The maximum Gasteiger partial charge on any atom is 0.150 e. The molecule has 0 unspecified atom stereocenters. The molecule has 6 heteroatoms. The first-order chi connectivity index (χ1) is 17.6. The van der Waals surface area contributed by atoms with Gasteiger partial charge in [0.05, 0.1) is 5.60 Å². The summed E-state index contributed by atoms with van der Waals surface area (Å²) >= 11 is 0. The summed E-state index contributed by atoms with van der Waals surface area (Å²) in [5, 5.41) is 11.1. The number of ether oxygens (including phenoxy) is 1. The number of allylic oxidation sites excluding steroid dienone is 2. The molecule has 0 bridgehead atoms. The van der Waals surface area contributed by atoms with E-state index in [4.69, 9.17) is 15.5 Å². The molecule has 36 heavy (non-hydrogen) atoms. The third-order valence-corrected chi connectivity index (χ3v) is 7.63. The van der Waals surface area contributed by atoms with E-state index in [0.717, 1.165) is 59.6 Å². The number of nitrogens with two attached hydrogens (primary N) is 1. The minimum Gasteiger partial charge on any atom is -0.489 e. The van der Waals surface area contributed by atoms with Crippen LogP contribution in [0.5, 0.6) is 5.75 Å².